The second-order valence-electron chi connectivity index (χ2n) is 1.96. The first-order valence-electron chi connectivity index (χ1n) is 3.54. The molecule has 0 aliphatic heterocycles. The molecule has 0 fully saturated rings. The third-order valence-corrected chi connectivity index (χ3v) is 0.536. The zero-order chi connectivity index (χ0) is 9.11. The van der Waals surface area contributed by atoms with E-state index in [-0.39, 0.29) is 0 Å². The molecule has 0 heteroatoms. The molecule has 0 aromatic heterocycles. The Morgan fingerprint density at radius 3 is 2.09 bits per heavy atom. The molecule has 0 aliphatic rings. The van der Waals surface area contributed by atoms with Crippen LogP contribution in [0.4, 0.5) is 0 Å². The first-order chi connectivity index (χ1) is 5.18. The molecule has 0 rings (SSSR count). The van der Waals surface area contributed by atoms with Crippen LogP contribution >= 0.6 is 0 Å². The topological polar surface area (TPSA) is 0 Å². The van der Waals surface area contributed by atoms with E-state index in [1.165, 1.54) is 0 Å². The van der Waals surface area contributed by atoms with Gasteiger partial charge in [-0.3, -0.25) is 0 Å². The summed E-state index contributed by atoms with van der Waals surface area (Å²) in [7, 11) is 0. The molecule has 0 spiro atoms. The van der Waals surface area contributed by atoms with Gasteiger partial charge in [0.1, 0.15) is 0 Å². The van der Waals surface area contributed by atoms with E-state index in [1.807, 2.05) is 26.8 Å². The summed E-state index contributed by atoms with van der Waals surface area (Å²) < 4.78 is 0. The Morgan fingerprint density at radius 1 is 1.36 bits per heavy atom. The molecular weight excluding hydrogens is 132 g/mol. The molecule has 0 nitrogen and oxygen atoms in total. The van der Waals surface area contributed by atoms with Crippen molar-refractivity contribution in [3.63, 3.8) is 0 Å². The Kier molecular flexibility index (Phi) is 13.1. The minimum Gasteiger partial charge on any atom is -0.103 e. The molecule has 0 saturated heterocycles. The fourth-order valence-electron chi connectivity index (χ4n) is 0.248. The summed E-state index contributed by atoms with van der Waals surface area (Å²) in [6, 6.07) is 0. The van der Waals surface area contributed by atoms with Crippen LogP contribution in [0, 0.1) is 11.8 Å². The van der Waals surface area contributed by atoms with Crippen LogP contribution in [-0.2, 0) is 0 Å². The van der Waals surface area contributed by atoms with Gasteiger partial charge in [0.2, 0.25) is 0 Å². The fraction of sp³-hybridized carbons (Fsp3) is 0.273. The average molecular weight is 148 g/mol. The van der Waals surface area contributed by atoms with Crippen LogP contribution in [0.1, 0.15) is 20.8 Å². The van der Waals surface area contributed by atoms with Crippen LogP contribution in [0.25, 0.3) is 0 Å². The molecule has 0 amide bonds. The molecule has 0 aromatic rings. The first-order valence-corrected chi connectivity index (χ1v) is 3.54. The van der Waals surface area contributed by atoms with Gasteiger partial charge in [0.15, 0.2) is 0 Å². The molecule has 0 aliphatic carbocycles. The molecule has 0 radical (unpaired) electrons. The highest BCUT2D eigenvalue weighted by Gasteiger charge is 1.64. The largest absolute Gasteiger partial charge is 0.103 e. The average Bonchev–Trinajstić information content (AvgIpc) is 1.89. The van der Waals surface area contributed by atoms with Crippen molar-refractivity contribution in [3.8, 4) is 11.8 Å². The van der Waals surface area contributed by atoms with Crippen LogP contribution in [0.15, 0.2) is 37.0 Å². The van der Waals surface area contributed by atoms with Gasteiger partial charge in [-0.05, 0) is 32.4 Å². The molecule has 0 N–H and O–H groups in total. The first kappa shape index (κ1) is 12.5. The standard InChI is InChI=1S/C8H10.C3H6/c1-4-5-6-7-8(2)3;1-3-2/h4-5H,2H2,1,3H3;3H,1H2,2H3/b5-4+;. The van der Waals surface area contributed by atoms with Gasteiger partial charge in [-0.25, -0.2) is 0 Å². The molecule has 0 heterocycles. The van der Waals surface area contributed by atoms with Gasteiger partial charge < -0.3 is 0 Å². The lowest BCUT2D eigenvalue weighted by Crippen LogP contribution is -1.57. The summed E-state index contributed by atoms with van der Waals surface area (Å²) in [6.07, 6.45) is 5.45. The van der Waals surface area contributed by atoms with Crippen molar-refractivity contribution >= 4 is 0 Å². The Hall–Kier alpha value is -1.22. The highest BCUT2D eigenvalue weighted by molar-refractivity contribution is 5.28. The third kappa shape index (κ3) is 28.2. The molecule has 0 unspecified atom stereocenters. The second-order valence-corrected chi connectivity index (χ2v) is 1.96. The van der Waals surface area contributed by atoms with Crippen LogP contribution in [0.5, 0.6) is 0 Å². The summed E-state index contributed by atoms with van der Waals surface area (Å²) >= 11 is 0. The van der Waals surface area contributed by atoms with Crippen molar-refractivity contribution in [3.05, 3.63) is 37.0 Å². The van der Waals surface area contributed by atoms with E-state index in [0.717, 1.165) is 5.57 Å². The normalized spacial score (nSPS) is 7.18. The highest BCUT2D eigenvalue weighted by atomic mass is 13.7. The van der Waals surface area contributed by atoms with Gasteiger partial charge in [0.25, 0.3) is 0 Å². The number of allylic oxidation sites excluding steroid dienone is 4. The summed E-state index contributed by atoms with van der Waals surface area (Å²) in [5.41, 5.74) is 0.906. The summed E-state index contributed by atoms with van der Waals surface area (Å²) in [5.74, 6) is 5.62. The van der Waals surface area contributed by atoms with Crippen LogP contribution < -0.4 is 0 Å². The highest BCUT2D eigenvalue weighted by Crippen LogP contribution is 1.79. The van der Waals surface area contributed by atoms with E-state index < -0.39 is 0 Å². The van der Waals surface area contributed by atoms with Crippen molar-refractivity contribution < 1.29 is 0 Å². The minimum atomic E-state index is 0.906. The number of hydrogen-bond acceptors (Lipinski definition) is 0. The Labute approximate surface area is 70.3 Å². The maximum Gasteiger partial charge on any atom is -0.00790 e. The minimum absolute atomic E-state index is 0.906. The summed E-state index contributed by atoms with van der Waals surface area (Å²) in [5, 5.41) is 0. The summed E-state index contributed by atoms with van der Waals surface area (Å²) in [4.78, 5) is 0. The van der Waals surface area contributed by atoms with E-state index in [9.17, 15) is 0 Å². The predicted molar refractivity (Wildman–Crippen MR) is 53.3 cm³/mol. The zero-order valence-electron chi connectivity index (χ0n) is 7.65. The van der Waals surface area contributed by atoms with Gasteiger partial charge in [0, 0.05) is 0 Å². The fourth-order valence-corrected chi connectivity index (χ4v) is 0.248. The second kappa shape index (κ2) is 11.6. The molecule has 0 atom stereocenters. The van der Waals surface area contributed by atoms with Crippen LogP contribution in [0.2, 0.25) is 0 Å². The van der Waals surface area contributed by atoms with E-state index >= 15 is 0 Å². The zero-order valence-corrected chi connectivity index (χ0v) is 7.65. The van der Waals surface area contributed by atoms with E-state index in [2.05, 4.69) is 25.0 Å². The molecule has 0 aromatic carbocycles. The number of rotatable bonds is 0. The maximum absolute atomic E-state index is 3.62. The monoisotopic (exact) mass is 148 g/mol. The lowest BCUT2D eigenvalue weighted by molar-refractivity contribution is 1.62. The quantitative estimate of drug-likeness (QED) is 0.365. The van der Waals surface area contributed by atoms with Gasteiger partial charge in [0.05, 0.1) is 0 Å². The number of hydrogen-bond donors (Lipinski definition) is 0. The van der Waals surface area contributed by atoms with Crippen LogP contribution in [-0.4, -0.2) is 0 Å². The van der Waals surface area contributed by atoms with E-state index in [0.29, 0.717) is 0 Å². The van der Waals surface area contributed by atoms with Crippen molar-refractivity contribution in [1.82, 2.24) is 0 Å². The van der Waals surface area contributed by atoms with Crippen molar-refractivity contribution in [1.29, 1.82) is 0 Å². The van der Waals surface area contributed by atoms with Gasteiger partial charge in [-0.1, -0.05) is 30.6 Å². The van der Waals surface area contributed by atoms with Crippen molar-refractivity contribution in [2.24, 2.45) is 0 Å². The summed E-state index contributed by atoms with van der Waals surface area (Å²) in [6.45, 7) is 12.7. The van der Waals surface area contributed by atoms with Crippen LogP contribution in [0.3, 0.4) is 0 Å². The third-order valence-electron chi connectivity index (χ3n) is 0.536. The van der Waals surface area contributed by atoms with E-state index in [4.69, 9.17) is 0 Å². The lowest BCUT2D eigenvalue weighted by atomic mass is 10.3. The molecule has 11 heavy (non-hydrogen) atoms. The Balaban J connectivity index is 0. The lowest BCUT2D eigenvalue weighted by Gasteiger charge is -1.71. The van der Waals surface area contributed by atoms with Gasteiger partial charge in [-0.15, -0.1) is 6.58 Å². The predicted octanol–water partition coefficient (Wildman–Crippen LogP) is 3.33. The van der Waals surface area contributed by atoms with Gasteiger partial charge in [-0.2, -0.15) is 0 Å². The Morgan fingerprint density at radius 2 is 1.82 bits per heavy atom. The van der Waals surface area contributed by atoms with Gasteiger partial charge >= 0.3 is 0 Å². The smallest absolute Gasteiger partial charge is 0.00790 e. The molecule has 60 valence electrons. The SMILES string of the molecule is C=C(C)C#C/C=C/C.C=CC. The van der Waals surface area contributed by atoms with E-state index in [1.54, 1.807) is 12.2 Å². The maximum atomic E-state index is 3.62. The molecule has 0 bridgehead atoms. The van der Waals surface area contributed by atoms with Crippen molar-refractivity contribution in [2.45, 2.75) is 20.8 Å². The Bertz CT molecular complexity index is 184. The molecule has 0 saturated carbocycles. The molecular formula is C11H16. The van der Waals surface area contributed by atoms with Crippen molar-refractivity contribution in [2.75, 3.05) is 0 Å².